The van der Waals surface area contributed by atoms with Gasteiger partial charge < -0.3 is 4.74 Å². The first-order valence-electron chi connectivity index (χ1n) is 7.92. The molecule has 0 aliphatic heterocycles. The second-order valence-corrected chi connectivity index (χ2v) is 7.37. The minimum atomic E-state index is -4.39. The van der Waals surface area contributed by atoms with Crippen LogP contribution in [0.2, 0.25) is 0 Å². The Morgan fingerprint density at radius 1 is 1.04 bits per heavy atom. The highest BCUT2D eigenvalue weighted by Crippen LogP contribution is 2.32. The lowest BCUT2D eigenvalue weighted by Crippen LogP contribution is -2.17. The van der Waals surface area contributed by atoms with E-state index in [2.05, 4.69) is 14.7 Å². The van der Waals surface area contributed by atoms with Gasteiger partial charge in [-0.1, -0.05) is 0 Å². The Balaban J connectivity index is 2.57. The molecule has 1 heterocycles. The van der Waals surface area contributed by atoms with E-state index in [1.807, 2.05) is 0 Å². The first-order valence-corrected chi connectivity index (χ1v) is 9.40. The molecular weight excluding hydrogens is 394 g/mol. The summed E-state index contributed by atoms with van der Waals surface area (Å²) < 4.78 is 32.9. The number of ether oxygens (including phenoxy) is 1. The van der Waals surface area contributed by atoms with Gasteiger partial charge in [0.15, 0.2) is 0 Å². The number of anilines is 1. The number of nitrogens with one attached hydrogen (secondary N) is 1. The fraction of sp³-hybridized carbons (Fsp3) is 0.333. The molecule has 2 rings (SSSR count). The number of aryl methyl sites for hydroxylation is 2. The normalized spacial score (nSPS) is 11.1. The van der Waals surface area contributed by atoms with Gasteiger partial charge in [0.2, 0.25) is 0 Å². The van der Waals surface area contributed by atoms with Crippen LogP contribution in [0.3, 0.4) is 0 Å². The molecule has 0 saturated carbocycles. The summed E-state index contributed by atoms with van der Waals surface area (Å²) in [6, 6.07) is 1.61. The predicted molar refractivity (Wildman–Crippen MR) is 98.0 cm³/mol. The van der Waals surface area contributed by atoms with Crippen molar-refractivity contribution in [3.05, 3.63) is 49.3 Å². The Morgan fingerprint density at radius 2 is 1.50 bits per heavy atom. The number of benzene rings is 1. The van der Waals surface area contributed by atoms with Crippen molar-refractivity contribution in [3.8, 4) is 6.01 Å². The minimum absolute atomic E-state index is 0.0503. The van der Waals surface area contributed by atoms with Crippen molar-refractivity contribution in [3.63, 3.8) is 0 Å². The predicted octanol–water partition coefficient (Wildman–Crippen LogP) is 2.42. The molecule has 150 valence electrons. The van der Waals surface area contributed by atoms with Crippen LogP contribution in [0.4, 0.5) is 17.1 Å². The third-order valence-electron chi connectivity index (χ3n) is 3.79. The average Bonchev–Trinajstić information content (AvgIpc) is 2.58. The fourth-order valence-electron chi connectivity index (χ4n) is 2.41. The van der Waals surface area contributed by atoms with Crippen LogP contribution in [-0.4, -0.2) is 34.8 Å². The number of nitro benzene ring substituents is 2. The lowest BCUT2D eigenvalue weighted by molar-refractivity contribution is -0.395. The van der Waals surface area contributed by atoms with E-state index in [-0.39, 0.29) is 28.6 Å². The summed E-state index contributed by atoms with van der Waals surface area (Å²) in [6.45, 7) is 6.28. The fourth-order valence-corrected chi connectivity index (χ4v) is 3.63. The van der Waals surface area contributed by atoms with Crippen LogP contribution in [0.1, 0.15) is 23.9 Å². The zero-order valence-corrected chi connectivity index (χ0v) is 16.2. The number of nitro groups is 2. The molecular formula is C15H17N5O7S. The first kappa shape index (κ1) is 21.0. The van der Waals surface area contributed by atoms with Crippen LogP contribution in [0.5, 0.6) is 6.01 Å². The third-order valence-corrected chi connectivity index (χ3v) is 5.12. The van der Waals surface area contributed by atoms with Crippen molar-refractivity contribution in [2.75, 3.05) is 11.3 Å². The van der Waals surface area contributed by atoms with Gasteiger partial charge in [-0.3, -0.25) is 25.0 Å². The van der Waals surface area contributed by atoms with Crippen molar-refractivity contribution >= 4 is 27.1 Å². The van der Waals surface area contributed by atoms with E-state index in [0.717, 1.165) is 12.1 Å². The molecule has 0 radical (unpaired) electrons. The maximum Gasteiger partial charge on any atom is 0.316 e. The maximum absolute atomic E-state index is 12.7. The third kappa shape index (κ3) is 4.14. The molecule has 0 amide bonds. The second-order valence-electron chi connectivity index (χ2n) is 5.69. The van der Waals surface area contributed by atoms with E-state index in [0.29, 0.717) is 6.61 Å². The van der Waals surface area contributed by atoms with Gasteiger partial charge in [-0.2, -0.15) is 9.97 Å². The summed E-state index contributed by atoms with van der Waals surface area (Å²) in [5, 5.41) is 22.4. The largest absolute Gasteiger partial charge is 0.464 e. The number of aromatic nitrogens is 2. The topological polar surface area (TPSA) is 167 Å². The van der Waals surface area contributed by atoms with E-state index >= 15 is 0 Å². The van der Waals surface area contributed by atoms with Crippen LogP contribution in [-0.2, 0) is 10.0 Å². The Bertz CT molecular complexity index is 1010. The molecule has 0 unspecified atom stereocenters. The van der Waals surface area contributed by atoms with Crippen molar-refractivity contribution < 1.29 is 23.0 Å². The molecule has 1 N–H and O–H groups in total. The van der Waals surface area contributed by atoms with Gasteiger partial charge in [-0.15, -0.1) is 0 Å². The van der Waals surface area contributed by atoms with E-state index in [9.17, 15) is 28.6 Å². The van der Waals surface area contributed by atoms with Gasteiger partial charge in [0.25, 0.3) is 21.4 Å². The molecule has 0 aliphatic carbocycles. The van der Waals surface area contributed by atoms with Crippen LogP contribution in [0.15, 0.2) is 17.0 Å². The van der Waals surface area contributed by atoms with Gasteiger partial charge in [0.05, 0.1) is 33.5 Å². The average molecular weight is 411 g/mol. The lowest BCUT2D eigenvalue weighted by atomic mass is 10.1. The highest BCUT2D eigenvalue weighted by Gasteiger charge is 2.29. The Labute approximate surface area is 159 Å². The highest BCUT2D eigenvalue weighted by molar-refractivity contribution is 7.92. The molecule has 0 aliphatic rings. The second kappa shape index (κ2) is 7.72. The zero-order chi connectivity index (χ0) is 21.2. The van der Waals surface area contributed by atoms with Gasteiger partial charge >= 0.3 is 6.01 Å². The molecule has 13 heteroatoms. The van der Waals surface area contributed by atoms with Crippen molar-refractivity contribution in [1.82, 2.24) is 9.97 Å². The molecule has 2 aromatic rings. The zero-order valence-electron chi connectivity index (χ0n) is 15.4. The van der Waals surface area contributed by atoms with Crippen LogP contribution in [0.25, 0.3) is 0 Å². The number of rotatable bonds is 7. The summed E-state index contributed by atoms with van der Waals surface area (Å²) in [7, 11) is -4.39. The summed E-state index contributed by atoms with van der Waals surface area (Å²) in [5.74, 6) is 0. The number of hydrogen-bond acceptors (Lipinski definition) is 9. The molecule has 1 aromatic carbocycles. The number of sulfonamides is 1. The molecule has 1 aromatic heterocycles. The summed E-state index contributed by atoms with van der Waals surface area (Å²) in [6.07, 6.45) is 0. The van der Waals surface area contributed by atoms with Crippen LogP contribution >= 0.6 is 0 Å². The summed E-state index contributed by atoms with van der Waals surface area (Å²) in [4.78, 5) is 28.0. The number of hydrogen-bond donors (Lipinski definition) is 1. The van der Waals surface area contributed by atoms with E-state index < -0.39 is 36.1 Å². The smallest absolute Gasteiger partial charge is 0.316 e. The van der Waals surface area contributed by atoms with Gasteiger partial charge in [-0.25, -0.2) is 8.42 Å². The summed E-state index contributed by atoms with van der Waals surface area (Å²) in [5.41, 5.74) is -1.02. The van der Waals surface area contributed by atoms with Gasteiger partial charge in [-0.05, 0) is 27.7 Å². The molecule has 12 nitrogen and oxygen atoms in total. The summed E-state index contributed by atoms with van der Waals surface area (Å²) >= 11 is 0. The van der Waals surface area contributed by atoms with E-state index in [1.165, 1.54) is 20.8 Å². The monoisotopic (exact) mass is 411 g/mol. The van der Waals surface area contributed by atoms with Gasteiger partial charge in [0.1, 0.15) is 10.5 Å². The Morgan fingerprint density at radius 3 is 1.89 bits per heavy atom. The van der Waals surface area contributed by atoms with E-state index in [4.69, 9.17) is 4.74 Å². The lowest BCUT2D eigenvalue weighted by Gasteiger charge is -2.13. The number of nitrogens with zero attached hydrogens (tertiary/aromatic N) is 4. The molecule has 0 atom stereocenters. The molecule has 0 spiro atoms. The molecule has 0 bridgehead atoms. The first-order chi connectivity index (χ1) is 13.0. The molecule has 0 fully saturated rings. The SMILES string of the molecule is CCOc1nc(C)c(NS(=O)(=O)c2cc([N+](=O)[O-])c(C)c([N+](=O)[O-])c2)c(C)n1. The van der Waals surface area contributed by atoms with Crippen LogP contribution < -0.4 is 9.46 Å². The van der Waals surface area contributed by atoms with Crippen molar-refractivity contribution in [1.29, 1.82) is 0 Å². The Kier molecular flexibility index (Phi) is 5.78. The molecule has 0 saturated heterocycles. The van der Waals surface area contributed by atoms with Crippen molar-refractivity contribution in [2.24, 2.45) is 0 Å². The standard InChI is InChI=1S/C15H17N5O7S/c1-5-27-15-16-9(3)14(10(4)17-15)18-28(25,26)11-6-12(19(21)22)8(2)13(7-11)20(23)24/h6-7,18H,5H2,1-4H3. The molecule has 28 heavy (non-hydrogen) atoms. The quantitative estimate of drug-likeness (QED) is 0.531. The van der Waals surface area contributed by atoms with Crippen LogP contribution in [0, 0.1) is 41.0 Å². The van der Waals surface area contributed by atoms with E-state index in [1.54, 1.807) is 6.92 Å². The Hall–Kier alpha value is -3.35. The highest BCUT2D eigenvalue weighted by atomic mass is 32.2. The van der Waals surface area contributed by atoms with Gasteiger partial charge in [0, 0.05) is 12.1 Å². The minimum Gasteiger partial charge on any atom is -0.464 e. The maximum atomic E-state index is 12.7. The van der Waals surface area contributed by atoms with Crippen molar-refractivity contribution in [2.45, 2.75) is 32.6 Å².